The number of halogens is 4. The number of amides is 2. The molecule has 0 spiro atoms. The zero-order valence-corrected chi connectivity index (χ0v) is 12.9. The first kappa shape index (κ1) is 19.2. The summed E-state index contributed by atoms with van der Waals surface area (Å²) >= 11 is 0. The minimum absolute atomic E-state index is 0.00359. The molecule has 2 atom stereocenters. The second-order valence-electron chi connectivity index (χ2n) is 5.32. The Morgan fingerprint density at radius 3 is 2.52 bits per heavy atom. The Hall–Kier alpha value is -1.83. The van der Waals surface area contributed by atoms with E-state index in [1.807, 2.05) is 13.8 Å². The summed E-state index contributed by atoms with van der Waals surface area (Å²) in [7, 11) is 0. The van der Waals surface area contributed by atoms with Gasteiger partial charge in [-0.1, -0.05) is 26.3 Å². The Labute approximate surface area is 131 Å². The molecule has 0 saturated heterocycles. The second kappa shape index (κ2) is 8.14. The lowest BCUT2D eigenvalue weighted by atomic mass is 10.0. The average Bonchev–Trinajstić information content (AvgIpc) is 2.49. The number of alkyl halides is 3. The summed E-state index contributed by atoms with van der Waals surface area (Å²) in [5.74, 6) is -1.01. The van der Waals surface area contributed by atoms with Crippen molar-refractivity contribution in [3.8, 4) is 0 Å². The van der Waals surface area contributed by atoms with Gasteiger partial charge in [0, 0.05) is 13.1 Å². The summed E-state index contributed by atoms with van der Waals surface area (Å²) in [6, 6.07) is 1.56. The van der Waals surface area contributed by atoms with Crippen LogP contribution >= 0.6 is 0 Å². The fourth-order valence-electron chi connectivity index (χ4n) is 1.88. The van der Waals surface area contributed by atoms with Crippen molar-refractivity contribution in [3.63, 3.8) is 0 Å². The summed E-state index contributed by atoms with van der Waals surface area (Å²) < 4.78 is 51.4. The molecule has 0 saturated carbocycles. The molecule has 0 aromatic heterocycles. The highest BCUT2D eigenvalue weighted by molar-refractivity contribution is 5.73. The second-order valence-corrected chi connectivity index (χ2v) is 5.32. The lowest BCUT2D eigenvalue weighted by Crippen LogP contribution is -2.41. The zero-order chi connectivity index (χ0) is 17.6. The summed E-state index contributed by atoms with van der Waals surface area (Å²) in [6.45, 7) is 3.30. The maximum Gasteiger partial charge on any atom is 0.416 e. The van der Waals surface area contributed by atoms with Crippen molar-refractivity contribution >= 4 is 6.03 Å². The third kappa shape index (κ3) is 6.05. The zero-order valence-electron chi connectivity index (χ0n) is 12.9. The van der Waals surface area contributed by atoms with Crippen LogP contribution in [0.1, 0.15) is 31.4 Å². The van der Waals surface area contributed by atoms with Crippen LogP contribution in [0.25, 0.3) is 0 Å². The van der Waals surface area contributed by atoms with E-state index >= 15 is 0 Å². The van der Waals surface area contributed by atoms with Crippen LogP contribution in [0.15, 0.2) is 18.2 Å². The molecule has 0 aliphatic heterocycles. The molecule has 130 valence electrons. The number of carbonyl (C=O) groups is 1. The first-order chi connectivity index (χ1) is 10.6. The van der Waals surface area contributed by atoms with Crippen molar-refractivity contribution < 1.29 is 27.5 Å². The number of carbonyl (C=O) groups excluding carboxylic acids is 1. The molecule has 3 N–H and O–H groups in total. The lowest BCUT2D eigenvalue weighted by molar-refractivity contribution is -0.138. The summed E-state index contributed by atoms with van der Waals surface area (Å²) in [5.41, 5.74) is -1.37. The Bertz CT molecular complexity index is 535. The number of nitrogens with one attached hydrogen (secondary N) is 2. The molecule has 23 heavy (non-hydrogen) atoms. The first-order valence-corrected chi connectivity index (χ1v) is 7.20. The van der Waals surface area contributed by atoms with E-state index in [1.54, 1.807) is 0 Å². The molecule has 2 unspecified atom stereocenters. The quantitative estimate of drug-likeness (QED) is 0.699. The number of hydrogen-bond donors (Lipinski definition) is 3. The first-order valence-electron chi connectivity index (χ1n) is 7.20. The number of aliphatic hydroxyl groups excluding tert-OH is 1. The Morgan fingerprint density at radius 2 is 1.96 bits per heavy atom. The van der Waals surface area contributed by atoms with Crippen LogP contribution in [0.2, 0.25) is 0 Å². The topological polar surface area (TPSA) is 61.4 Å². The van der Waals surface area contributed by atoms with Crippen LogP contribution in [0, 0.1) is 11.7 Å². The molecule has 1 aromatic carbocycles. The maximum absolute atomic E-state index is 13.0. The summed E-state index contributed by atoms with van der Waals surface area (Å²) in [4.78, 5) is 11.6. The fraction of sp³-hybridized carbons (Fsp3) is 0.533. The van der Waals surface area contributed by atoms with Gasteiger partial charge < -0.3 is 15.7 Å². The van der Waals surface area contributed by atoms with Crippen molar-refractivity contribution in [1.82, 2.24) is 10.6 Å². The van der Waals surface area contributed by atoms with E-state index in [1.165, 1.54) is 0 Å². The van der Waals surface area contributed by atoms with Crippen LogP contribution in [0.5, 0.6) is 0 Å². The Balaban J connectivity index is 2.60. The SMILES string of the molecule is CCC(C)C(O)CNC(=O)NCc1ccc(F)cc1C(F)(F)F. The number of rotatable bonds is 6. The van der Waals surface area contributed by atoms with Gasteiger partial charge in [0.1, 0.15) is 5.82 Å². The molecule has 0 radical (unpaired) electrons. The molecular weight excluding hydrogens is 316 g/mol. The van der Waals surface area contributed by atoms with Crippen molar-refractivity contribution in [2.24, 2.45) is 5.92 Å². The minimum atomic E-state index is -4.71. The molecule has 8 heteroatoms. The largest absolute Gasteiger partial charge is 0.416 e. The average molecular weight is 336 g/mol. The van der Waals surface area contributed by atoms with Crippen LogP contribution in [-0.2, 0) is 12.7 Å². The van der Waals surface area contributed by atoms with Gasteiger partial charge in [-0.2, -0.15) is 13.2 Å². The van der Waals surface area contributed by atoms with Gasteiger partial charge in [0.15, 0.2) is 0 Å². The maximum atomic E-state index is 13.0. The van der Waals surface area contributed by atoms with E-state index in [9.17, 15) is 27.5 Å². The highest BCUT2D eigenvalue weighted by Crippen LogP contribution is 2.32. The Morgan fingerprint density at radius 1 is 1.30 bits per heavy atom. The molecule has 0 heterocycles. The summed E-state index contributed by atoms with van der Waals surface area (Å²) in [6.07, 6.45) is -4.71. The van der Waals surface area contributed by atoms with Crippen LogP contribution < -0.4 is 10.6 Å². The van der Waals surface area contributed by atoms with Gasteiger partial charge in [0.05, 0.1) is 11.7 Å². The molecule has 4 nitrogen and oxygen atoms in total. The highest BCUT2D eigenvalue weighted by atomic mass is 19.4. The summed E-state index contributed by atoms with van der Waals surface area (Å²) in [5, 5.41) is 14.3. The molecule has 0 bridgehead atoms. The van der Waals surface area contributed by atoms with Crippen molar-refractivity contribution in [2.45, 2.75) is 39.1 Å². The van der Waals surface area contributed by atoms with Gasteiger partial charge in [-0.05, 0) is 23.6 Å². The van der Waals surface area contributed by atoms with Gasteiger partial charge >= 0.3 is 12.2 Å². The van der Waals surface area contributed by atoms with Crippen molar-refractivity contribution in [3.05, 3.63) is 35.1 Å². The molecule has 0 aliphatic carbocycles. The van der Waals surface area contributed by atoms with E-state index in [0.29, 0.717) is 6.07 Å². The number of hydrogen-bond acceptors (Lipinski definition) is 2. The van der Waals surface area contributed by atoms with Gasteiger partial charge in [-0.25, -0.2) is 9.18 Å². The normalized spacial score (nSPS) is 14.2. The highest BCUT2D eigenvalue weighted by Gasteiger charge is 2.33. The van der Waals surface area contributed by atoms with Crippen LogP contribution in [-0.4, -0.2) is 23.8 Å². The molecule has 0 fully saturated rings. The number of aliphatic hydroxyl groups is 1. The van der Waals surface area contributed by atoms with Crippen LogP contribution in [0.4, 0.5) is 22.4 Å². The predicted octanol–water partition coefficient (Wildman–Crippen LogP) is 3.05. The monoisotopic (exact) mass is 336 g/mol. The van der Waals surface area contributed by atoms with Gasteiger partial charge in [0.25, 0.3) is 0 Å². The third-order valence-corrected chi connectivity index (χ3v) is 3.59. The lowest BCUT2D eigenvalue weighted by Gasteiger charge is -2.18. The number of benzene rings is 1. The van der Waals surface area contributed by atoms with E-state index < -0.39 is 36.2 Å². The smallest absolute Gasteiger partial charge is 0.391 e. The molecule has 2 amide bonds. The third-order valence-electron chi connectivity index (χ3n) is 3.59. The predicted molar refractivity (Wildman–Crippen MR) is 77.1 cm³/mol. The molecule has 0 aliphatic rings. The van der Waals surface area contributed by atoms with Gasteiger partial charge in [-0.3, -0.25) is 0 Å². The van der Waals surface area contributed by atoms with E-state index in [-0.39, 0.29) is 18.0 Å². The van der Waals surface area contributed by atoms with Gasteiger partial charge in [0.2, 0.25) is 0 Å². The minimum Gasteiger partial charge on any atom is -0.391 e. The Kier molecular flexibility index (Phi) is 6.80. The molecular formula is C15H20F4N2O2. The van der Waals surface area contributed by atoms with Crippen LogP contribution in [0.3, 0.4) is 0 Å². The fourth-order valence-corrected chi connectivity index (χ4v) is 1.88. The van der Waals surface area contributed by atoms with E-state index in [4.69, 9.17) is 0 Å². The number of urea groups is 1. The standard InChI is InChI=1S/C15H20F4N2O2/c1-3-9(2)13(22)8-21-14(23)20-7-10-4-5-11(16)6-12(10)15(17,18)19/h4-6,9,13,22H,3,7-8H2,1-2H3,(H2,20,21,23). The van der Waals surface area contributed by atoms with E-state index in [2.05, 4.69) is 10.6 Å². The van der Waals surface area contributed by atoms with Gasteiger partial charge in [-0.15, -0.1) is 0 Å². The van der Waals surface area contributed by atoms with E-state index in [0.717, 1.165) is 18.6 Å². The van der Waals surface area contributed by atoms with Crippen molar-refractivity contribution in [2.75, 3.05) is 6.54 Å². The molecule has 1 aromatic rings. The molecule has 1 rings (SSSR count). The van der Waals surface area contributed by atoms with Crippen molar-refractivity contribution in [1.29, 1.82) is 0 Å².